The van der Waals surface area contributed by atoms with E-state index < -0.39 is 0 Å². The zero-order valence-electron chi connectivity index (χ0n) is 11.3. The Hall–Kier alpha value is -2.35. The van der Waals surface area contributed by atoms with Gasteiger partial charge in [0.05, 0.1) is 6.04 Å². The van der Waals surface area contributed by atoms with Gasteiger partial charge in [0.15, 0.2) is 0 Å². The Morgan fingerprint density at radius 2 is 1.60 bits per heavy atom. The summed E-state index contributed by atoms with van der Waals surface area (Å²) in [6.45, 7) is 0.656. The smallest absolute Gasteiger partial charge is 0.247 e. The van der Waals surface area contributed by atoms with Crippen LogP contribution in [-0.2, 0) is 11.3 Å². The van der Waals surface area contributed by atoms with Crippen molar-refractivity contribution in [3.8, 4) is 0 Å². The van der Waals surface area contributed by atoms with Crippen LogP contribution in [-0.4, -0.2) is 10.8 Å². The molecule has 0 N–H and O–H groups in total. The van der Waals surface area contributed by atoms with Crippen LogP contribution in [0, 0.1) is 0 Å². The van der Waals surface area contributed by atoms with Gasteiger partial charge in [-0.1, -0.05) is 66.7 Å². The van der Waals surface area contributed by atoms with E-state index in [0.29, 0.717) is 6.54 Å². The van der Waals surface area contributed by atoms with Gasteiger partial charge in [0, 0.05) is 6.54 Å². The highest BCUT2D eigenvalue weighted by Crippen LogP contribution is 2.29. The van der Waals surface area contributed by atoms with Crippen molar-refractivity contribution in [1.82, 2.24) is 4.90 Å². The molecule has 3 rings (SSSR count). The minimum absolute atomic E-state index is 0.0916. The maximum absolute atomic E-state index is 12.2. The van der Waals surface area contributed by atoms with Gasteiger partial charge in [0.1, 0.15) is 0 Å². The Morgan fingerprint density at radius 1 is 0.950 bits per heavy atom. The summed E-state index contributed by atoms with van der Waals surface area (Å²) >= 11 is 0. The van der Waals surface area contributed by atoms with E-state index in [1.165, 1.54) is 5.56 Å². The fourth-order valence-corrected chi connectivity index (χ4v) is 2.63. The summed E-state index contributed by atoms with van der Waals surface area (Å²) < 4.78 is 0. The van der Waals surface area contributed by atoms with Crippen molar-refractivity contribution >= 4 is 5.91 Å². The van der Waals surface area contributed by atoms with Gasteiger partial charge in [-0.3, -0.25) is 4.79 Å². The third-order valence-corrected chi connectivity index (χ3v) is 3.66. The molecule has 0 radical (unpaired) electrons. The van der Waals surface area contributed by atoms with Crippen LogP contribution in [0.5, 0.6) is 0 Å². The number of rotatable bonds is 3. The molecule has 1 unspecified atom stereocenters. The monoisotopic (exact) mass is 263 g/mol. The maximum atomic E-state index is 12.2. The van der Waals surface area contributed by atoms with Crippen LogP contribution in [0.2, 0.25) is 0 Å². The van der Waals surface area contributed by atoms with Crippen molar-refractivity contribution in [3.63, 3.8) is 0 Å². The molecule has 2 aromatic rings. The number of nitrogens with zero attached hydrogens (tertiary/aromatic N) is 1. The molecule has 0 aliphatic carbocycles. The zero-order chi connectivity index (χ0) is 13.8. The lowest BCUT2D eigenvalue weighted by Crippen LogP contribution is -2.35. The third-order valence-electron chi connectivity index (χ3n) is 3.66. The number of hydrogen-bond acceptors (Lipinski definition) is 1. The van der Waals surface area contributed by atoms with Crippen LogP contribution >= 0.6 is 0 Å². The van der Waals surface area contributed by atoms with E-state index in [1.54, 1.807) is 6.08 Å². The molecule has 2 heteroatoms. The van der Waals surface area contributed by atoms with E-state index in [1.807, 2.05) is 47.4 Å². The van der Waals surface area contributed by atoms with Crippen LogP contribution in [0.3, 0.4) is 0 Å². The van der Waals surface area contributed by atoms with Gasteiger partial charge in [-0.25, -0.2) is 0 Å². The van der Waals surface area contributed by atoms with Crippen LogP contribution < -0.4 is 0 Å². The Kier molecular flexibility index (Phi) is 3.64. The molecule has 1 heterocycles. The standard InChI is InChI=1S/C18H17NO/c20-18-13-7-12-17(16-10-5-2-6-11-16)19(18)14-15-8-3-1-4-9-15/h1-11,13,17H,12,14H2. The molecule has 100 valence electrons. The van der Waals surface area contributed by atoms with Crippen LogP contribution in [0.1, 0.15) is 23.6 Å². The second kappa shape index (κ2) is 5.74. The van der Waals surface area contributed by atoms with Crippen LogP contribution in [0.25, 0.3) is 0 Å². The molecule has 0 spiro atoms. The van der Waals surface area contributed by atoms with Gasteiger partial charge >= 0.3 is 0 Å². The topological polar surface area (TPSA) is 20.3 Å². The van der Waals surface area contributed by atoms with E-state index in [9.17, 15) is 4.79 Å². The van der Waals surface area contributed by atoms with E-state index in [0.717, 1.165) is 12.0 Å². The molecular weight excluding hydrogens is 246 g/mol. The SMILES string of the molecule is O=C1C=CCC(c2ccccc2)N1Cc1ccccc1. The first-order valence-corrected chi connectivity index (χ1v) is 6.90. The first-order chi connectivity index (χ1) is 9.84. The van der Waals surface area contributed by atoms with Crippen LogP contribution in [0.4, 0.5) is 0 Å². The molecular formula is C18H17NO. The van der Waals surface area contributed by atoms with Gasteiger partial charge in [0.25, 0.3) is 0 Å². The van der Waals surface area contributed by atoms with Gasteiger partial charge in [0.2, 0.25) is 5.91 Å². The Bertz CT molecular complexity index is 604. The summed E-state index contributed by atoms with van der Waals surface area (Å²) in [4.78, 5) is 14.2. The summed E-state index contributed by atoms with van der Waals surface area (Å²) in [7, 11) is 0. The van der Waals surface area contributed by atoms with Crippen molar-refractivity contribution in [2.24, 2.45) is 0 Å². The summed E-state index contributed by atoms with van der Waals surface area (Å²) in [5, 5.41) is 0. The number of carbonyl (C=O) groups is 1. The van der Waals surface area contributed by atoms with Gasteiger partial charge in [-0.15, -0.1) is 0 Å². The van der Waals surface area contributed by atoms with Gasteiger partial charge in [-0.2, -0.15) is 0 Å². The molecule has 2 aromatic carbocycles. The predicted octanol–water partition coefficient (Wildman–Crippen LogP) is 3.72. The van der Waals surface area contributed by atoms with Crippen LogP contribution in [0.15, 0.2) is 72.8 Å². The normalized spacial score (nSPS) is 18.3. The highest BCUT2D eigenvalue weighted by atomic mass is 16.2. The van der Waals surface area contributed by atoms with Crippen molar-refractivity contribution in [2.45, 2.75) is 19.0 Å². The Labute approximate surface area is 119 Å². The second-order valence-corrected chi connectivity index (χ2v) is 5.02. The first-order valence-electron chi connectivity index (χ1n) is 6.90. The van der Waals surface area contributed by atoms with Gasteiger partial charge in [-0.05, 0) is 23.6 Å². The van der Waals surface area contributed by atoms with E-state index >= 15 is 0 Å². The largest absolute Gasteiger partial charge is 0.327 e. The predicted molar refractivity (Wildman–Crippen MR) is 79.9 cm³/mol. The summed E-state index contributed by atoms with van der Waals surface area (Å²) in [6.07, 6.45) is 4.53. The lowest BCUT2D eigenvalue weighted by molar-refractivity contribution is -0.129. The Balaban J connectivity index is 1.88. The molecule has 1 aliphatic heterocycles. The molecule has 1 amide bonds. The molecule has 1 aliphatic rings. The molecule has 0 bridgehead atoms. The average molecular weight is 263 g/mol. The van der Waals surface area contributed by atoms with Crippen molar-refractivity contribution < 1.29 is 4.79 Å². The quantitative estimate of drug-likeness (QED) is 0.826. The molecule has 2 nitrogen and oxygen atoms in total. The molecule has 0 fully saturated rings. The molecule has 0 saturated heterocycles. The highest BCUT2D eigenvalue weighted by molar-refractivity contribution is 5.88. The lowest BCUT2D eigenvalue weighted by Gasteiger charge is -2.33. The lowest BCUT2D eigenvalue weighted by atomic mass is 9.98. The van der Waals surface area contributed by atoms with Crippen molar-refractivity contribution in [1.29, 1.82) is 0 Å². The van der Waals surface area contributed by atoms with E-state index in [-0.39, 0.29) is 11.9 Å². The fourth-order valence-electron chi connectivity index (χ4n) is 2.63. The van der Waals surface area contributed by atoms with E-state index in [4.69, 9.17) is 0 Å². The van der Waals surface area contributed by atoms with Gasteiger partial charge < -0.3 is 4.90 Å². The minimum Gasteiger partial charge on any atom is -0.327 e. The molecule has 20 heavy (non-hydrogen) atoms. The zero-order valence-corrected chi connectivity index (χ0v) is 11.3. The summed E-state index contributed by atoms with van der Waals surface area (Å²) in [5.41, 5.74) is 2.36. The minimum atomic E-state index is 0.0916. The fraction of sp³-hybridized carbons (Fsp3) is 0.167. The first kappa shape index (κ1) is 12.7. The summed E-state index contributed by atoms with van der Waals surface area (Å²) in [5.74, 6) is 0.0916. The maximum Gasteiger partial charge on any atom is 0.247 e. The third kappa shape index (κ3) is 2.64. The molecule has 1 atom stereocenters. The van der Waals surface area contributed by atoms with Crippen molar-refractivity contribution in [3.05, 3.63) is 83.9 Å². The number of carbonyl (C=O) groups excluding carboxylic acids is 1. The second-order valence-electron chi connectivity index (χ2n) is 5.02. The highest BCUT2D eigenvalue weighted by Gasteiger charge is 2.25. The number of amides is 1. The van der Waals surface area contributed by atoms with Crippen molar-refractivity contribution in [2.75, 3.05) is 0 Å². The Morgan fingerprint density at radius 3 is 2.30 bits per heavy atom. The average Bonchev–Trinajstić information content (AvgIpc) is 2.51. The number of hydrogen-bond donors (Lipinski definition) is 0. The summed E-state index contributed by atoms with van der Waals surface area (Å²) in [6, 6.07) is 20.5. The molecule has 0 saturated carbocycles. The van der Waals surface area contributed by atoms with E-state index in [2.05, 4.69) is 24.3 Å². The molecule has 0 aromatic heterocycles. The number of benzene rings is 2.